The van der Waals surface area contributed by atoms with Gasteiger partial charge in [-0.25, -0.2) is 0 Å². The quantitative estimate of drug-likeness (QED) is 0.362. The standard InChI is InChI=1S/C20H31N3O4/c1-13(2)7-9-18(21)27-19(23-17(12-24)20(25)26)10-8-14-11-22-16-6-4-3-5-15(14)16/h3-6,11,13,17-19,22-24H,7-10,12,21H2,1-2H3,(H,25,26)/t17-,18?,19?/m0/s1. The first-order valence-corrected chi connectivity index (χ1v) is 9.46. The lowest BCUT2D eigenvalue weighted by Crippen LogP contribution is -2.49. The normalized spacial score (nSPS) is 15.1. The number of aliphatic hydroxyl groups excluding tert-OH is 1. The van der Waals surface area contributed by atoms with Crippen LogP contribution in [0.2, 0.25) is 0 Å². The Morgan fingerprint density at radius 1 is 1.26 bits per heavy atom. The van der Waals surface area contributed by atoms with Crippen LogP contribution in [0.5, 0.6) is 0 Å². The van der Waals surface area contributed by atoms with Gasteiger partial charge >= 0.3 is 5.97 Å². The smallest absolute Gasteiger partial charge is 0.323 e. The summed E-state index contributed by atoms with van der Waals surface area (Å²) in [6, 6.07) is 6.93. The zero-order valence-electron chi connectivity index (χ0n) is 16.0. The van der Waals surface area contributed by atoms with E-state index in [0.717, 1.165) is 22.9 Å². The Morgan fingerprint density at radius 3 is 2.67 bits per heavy atom. The fourth-order valence-corrected chi connectivity index (χ4v) is 3.02. The number of carboxylic acids is 1. The van der Waals surface area contributed by atoms with Crippen molar-refractivity contribution >= 4 is 16.9 Å². The van der Waals surface area contributed by atoms with Gasteiger partial charge in [-0.3, -0.25) is 10.1 Å². The van der Waals surface area contributed by atoms with Gasteiger partial charge < -0.3 is 25.7 Å². The molecule has 1 aromatic heterocycles. The Labute approximate surface area is 159 Å². The molecule has 27 heavy (non-hydrogen) atoms. The molecule has 0 aliphatic heterocycles. The number of hydrogen-bond donors (Lipinski definition) is 5. The van der Waals surface area contributed by atoms with E-state index in [9.17, 15) is 15.0 Å². The summed E-state index contributed by atoms with van der Waals surface area (Å²) in [6.45, 7) is 3.72. The van der Waals surface area contributed by atoms with Gasteiger partial charge in [0.1, 0.15) is 18.5 Å². The van der Waals surface area contributed by atoms with Crippen LogP contribution < -0.4 is 11.1 Å². The maximum absolute atomic E-state index is 11.3. The highest BCUT2D eigenvalue weighted by Crippen LogP contribution is 2.20. The van der Waals surface area contributed by atoms with Gasteiger partial charge in [0, 0.05) is 17.1 Å². The topological polar surface area (TPSA) is 121 Å². The minimum atomic E-state index is -1.12. The van der Waals surface area contributed by atoms with Gasteiger partial charge in [-0.15, -0.1) is 0 Å². The molecule has 0 spiro atoms. The van der Waals surface area contributed by atoms with Crippen LogP contribution in [0.25, 0.3) is 10.9 Å². The predicted molar refractivity (Wildman–Crippen MR) is 105 cm³/mol. The minimum Gasteiger partial charge on any atom is -0.480 e. The Morgan fingerprint density at radius 2 is 2.00 bits per heavy atom. The number of rotatable bonds is 12. The molecule has 7 nitrogen and oxygen atoms in total. The van der Waals surface area contributed by atoms with E-state index in [1.807, 2.05) is 30.5 Å². The zero-order valence-corrected chi connectivity index (χ0v) is 16.0. The van der Waals surface area contributed by atoms with Crippen LogP contribution in [0.15, 0.2) is 30.5 Å². The summed E-state index contributed by atoms with van der Waals surface area (Å²) >= 11 is 0. The van der Waals surface area contributed by atoms with Gasteiger partial charge in [0.15, 0.2) is 0 Å². The van der Waals surface area contributed by atoms with E-state index in [2.05, 4.69) is 24.1 Å². The molecule has 2 rings (SSSR count). The molecule has 0 saturated carbocycles. The summed E-state index contributed by atoms with van der Waals surface area (Å²) < 4.78 is 5.88. The van der Waals surface area contributed by atoms with Crippen molar-refractivity contribution in [3.63, 3.8) is 0 Å². The maximum Gasteiger partial charge on any atom is 0.323 e. The van der Waals surface area contributed by atoms with Crippen molar-refractivity contribution in [2.75, 3.05) is 6.61 Å². The summed E-state index contributed by atoms with van der Waals surface area (Å²) in [7, 11) is 0. The molecule has 0 radical (unpaired) electrons. The number of aryl methyl sites for hydroxylation is 1. The number of H-pyrrole nitrogens is 1. The molecule has 0 saturated heterocycles. The number of aliphatic carboxylic acids is 1. The molecule has 0 aliphatic carbocycles. The lowest BCUT2D eigenvalue weighted by molar-refractivity contribution is -0.143. The van der Waals surface area contributed by atoms with E-state index in [1.165, 1.54) is 0 Å². The summed E-state index contributed by atoms with van der Waals surface area (Å²) in [5, 5.41) is 22.5. The zero-order chi connectivity index (χ0) is 19.8. The summed E-state index contributed by atoms with van der Waals surface area (Å²) in [6.07, 6.45) is 3.77. The maximum atomic E-state index is 11.3. The molecule has 0 fully saturated rings. The number of ether oxygens (including phenoxy) is 1. The molecule has 1 aromatic carbocycles. The largest absolute Gasteiger partial charge is 0.480 e. The van der Waals surface area contributed by atoms with Crippen LogP contribution in [0.3, 0.4) is 0 Å². The second-order valence-electron chi connectivity index (χ2n) is 7.27. The molecule has 0 amide bonds. The molecule has 2 aromatic rings. The third kappa shape index (κ3) is 6.62. The van der Waals surface area contributed by atoms with Crippen LogP contribution in [0.4, 0.5) is 0 Å². The molecular weight excluding hydrogens is 346 g/mol. The van der Waals surface area contributed by atoms with E-state index in [-0.39, 0.29) is 0 Å². The van der Waals surface area contributed by atoms with Crippen molar-refractivity contribution in [3.8, 4) is 0 Å². The van der Waals surface area contributed by atoms with Crippen LogP contribution in [-0.4, -0.2) is 46.3 Å². The van der Waals surface area contributed by atoms with Gasteiger partial charge in [0.05, 0.1) is 6.61 Å². The molecular formula is C20H31N3O4. The van der Waals surface area contributed by atoms with Crippen molar-refractivity contribution < 1.29 is 19.7 Å². The number of aromatic nitrogens is 1. The molecule has 1 heterocycles. The Kier molecular flexibility index (Phi) is 8.24. The number of fused-ring (bicyclic) bond motifs is 1. The molecule has 2 unspecified atom stereocenters. The Bertz CT molecular complexity index is 716. The van der Waals surface area contributed by atoms with Crippen LogP contribution in [0, 0.1) is 5.92 Å². The predicted octanol–water partition coefficient (Wildman–Crippen LogP) is 2.20. The number of nitrogens with one attached hydrogen (secondary N) is 2. The van der Waals surface area contributed by atoms with E-state index in [4.69, 9.17) is 10.5 Å². The Balaban J connectivity index is 2.02. The van der Waals surface area contributed by atoms with Gasteiger partial charge in [-0.2, -0.15) is 0 Å². The first-order valence-electron chi connectivity index (χ1n) is 9.46. The summed E-state index contributed by atoms with van der Waals surface area (Å²) in [4.78, 5) is 14.5. The van der Waals surface area contributed by atoms with Crippen molar-refractivity contribution in [1.82, 2.24) is 10.3 Å². The van der Waals surface area contributed by atoms with E-state index >= 15 is 0 Å². The van der Waals surface area contributed by atoms with Crippen LogP contribution in [-0.2, 0) is 16.0 Å². The average molecular weight is 377 g/mol. The fraction of sp³-hybridized carbons (Fsp3) is 0.550. The highest BCUT2D eigenvalue weighted by Gasteiger charge is 2.23. The van der Waals surface area contributed by atoms with E-state index in [1.54, 1.807) is 0 Å². The van der Waals surface area contributed by atoms with Crippen molar-refractivity contribution in [3.05, 3.63) is 36.0 Å². The number of nitrogens with two attached hydrogens (primary N) is 1. The Hall–Kier alpha value is -1.93. The van der Waals surface area contributed by atoms with Gasteiger partial charge in [0.25, 0.3) is 0 Å². The lowest BCUT2D eigenvalue weighted by Gasteiger charge is -2.26. The van der Waals surface area contributed by atoms with Crippen molar-refractivity contribution in [1.29, 1.82) is 0 Å². The first kappa shape index (κ1) is 21.4. The number of para-hydroxylation sites is 1. The highest BCUT2D eigenvalue weighted by atomic mass is 16.5. The van der Waals surface area contributed by atoms with Gasteiger partial charge in [0.2, 0.25) is 0 Å². The van der Waals surface area contributed by atoms with E-state index in [0.29, 0.717) is 25.2 Å². The van der Waals surface area contributed by atoms with E-state index < -0.39 is 31.1 Å². The van der Waals surface area contributed by atoms with Crippen LogP contribution in [0.1, 0.15) is 38.7 Å². The second kappa shape index (κ2) is 10.4. The number of aromatic amines is 1. The minimum absolute atomic E-state index is 0.485. The molecule has 0 bridgehead atoms. The molecule has 3 atom stereocenters. The third-order valence-electron chi connectivity index (χ3n) is 4.59. The average Bonchev–Trinajstić information content (AvgIpc) is 3.05. The highest BCUT2D eigenvalue weighted by molar-refractivity contribution is 5.83. The van der Waals surface area contributed by atoms with Crippen molar-refractivity contribution in [2.24, 2.45) is 11.7 Å². The number of hydrogen-bond acceptors (Lipinski definition) is 5. The third-order valence-corrected chi connectivity index (χ3v) is 4.59. The monoisotopic (exact) mass is 377 g/mol. The fourth-order valence-electron chi connectivity index (χ4n) is 3.02. The SMILES string of the molecule is CC(C)CCC(N)OC(CCc1c[nH]c2ccccc12)N[C@@H](CO)C(=O)O. The van der Waals surface area contributed by atoms with Crippen molar-refractivity contribution in [2.45, 2.75) is 58.0 Å². The molecule has 7 heteroatoms. The number of carbonyl (C=O) groups is 1. The second-order valence-corrected chi connectivity index (χ2v) is 7.27. The summed E-state index contributed by atoms with van der Waals surface area (Å²) in [5.74, 6) is -0.601. The van der Waals surface area contributed by atoms with Gasteiger partial charge in [-0.05, 0) is 43.2 Å². The first-order chi connectivity index (χ1) is 12.9. The number of benzene rings is 1. The molecule has 0 aliphatic rings. The number of carboxylic acid groups (broad SMARTS) is 1. The number of aliphatic hydroxyl groups is 1. The lowest BCUT2D eigenvalue weighted by atomic mass is 10.1. The van der Waals surface area contributed by atoms with Crippen LogP contribution >= 0.6 is 0 Å². The molecule has 6 N–H and O–H groups in total. The summed E-state index contributed by atoms with van der Waals surface area (Å²) in [5.41, 5.74) is 8.27. The van der Waals surface area contributed by atoms with Gasteiger partial charge in [-0.1, -0.05) is 32.0 Å². The molecule has 150 valence electrons.